The lowest BCUT2D eigenvalue weighted by Crippen LogP contribution is -2.07. The van der Waals surface area contributed by atoms with Gasteiger partial charge in [0.1, 0.15) is 11.5 Å². The van der Waals surface area contributed by atoms with Gasteiger partial charge in [0.2, 0.25) is 5.91 Å². The minimum atomic E-state index is -0.252. The summed E-state index contributed by atoms with van der Waals surface area (Å²) in [6, 6.07) is 17.9. The van der Waals surface area contributed by atoms with E-state index in [-0.39, 0.29) is 5.91 Å². The lowest BCUT2D eigenvalue weighted by Gasteiger charge is -2.01. The summed E-state index contributed by atoms with van der Waals surface area (Å²) in [5.41, 5.74) is 1.56. The highest BCUT2D eigenvalue weighted by molar-refractivity contribution is 6.31. The first-order chi connectivity index (χ1) is 11.6. The van der Waals surface area contributed by atoms with E-state index in [2.05, 4.69) is 5.32 Å². The van der Waals surface area contributed by atoms with Gasteiger partial charge in [-0.25, -0.2) is 0 Å². The van der Waals surface area contributed by atoms with Crippen LogP contribution >= 0.6 is 23.2 Å². The highest BCUT2D eigenvalue weighted by Gasteiger charge is 2.04. The van der Waals surface area contributed by atoms with Crippen molar-refractivity contribution < 1.29 is 9.21 Å². The Morgan fingerprint density at radius 2 is 1.75 bits per heavy atom. The topological polar surface area (TPSA) is 42.2 Å². The minimum absolute atomic E-state index is 0.252. The van der Waals surface area contributed by atoms with Crippen LogP contribution in [0.5, 0.6) is 0 Å². The molecule has 1 heterocycles. The third kappa shape index (κ3) is 4.28. The number of carbonyl (C=O) groups excluding carboxylic acids is 1. The second kappa shape index (κ2) is 7.39. The smallest absolute Gasteiger partial charge is 0.248 e. The highest BCUT2D eigenvalue weighted by Crippen LogP contribution is 2.25. The molecule has 3 rings (SSSR count). The van der Waals surface area contributed by atoms with E-state index in [1.165, 1.54) is 6.08 Å². The molecule has 0 aliphatic carbocycles. The Labute approximate surface area is 149 Å². The molecule has 0 saturated carbocycles. The quantitative estimate of drug-likeness (QED) is 0.590. The van der Waals surface area contributed by atoms with Crippen LogP contribution in [0, 0.1) is 0 Å². The Bertz CT molecular complexity index is 882. The van der Waals surface area contributed by atoms with Crippen molar-refractivity contribution in [3.05, 3.63) is 82.5 Å². The van der Waals surface area contributed by atoms with Crippen molar-refractivity contribution in [1.29, 1.82) is 0 Å². The lowest BCUT2D eigenvalue weighted by molar-refractivity contribution is -0.111. The molecule has 0 saturated heterocycles. The average molecular weight is 358 g/mol. The van der Waals surface area contributed by atoms with Gasteiger partial charge < -0.3 is 9.73 Å². The molecule has 0 bridgehead atoms. The molecule has 2 aromatic carbocycles. The zero-order valence-electron chi connectivity index (χ0n) is 12.5. The van der Waals surface area contributed by atoms with E-state index in [1.807, 2.05) is 24.3 Å². The van der Waals surface area contributed by atoms with E-state index in [0.717, 1.165) is 5.56 Å². The Kier molecular flexibility index (Phi) is 5.04. The third-order valence-corrected chi connectivity index (χ3v) is 3.73. The van der Waals surface area contributed by atoms with Gasteiger partial charge >= 0.3 is 0 Å². The molecular weight excluding hydrogens is 345 g/mol. The Morgan fingerprint density at radius 3 is 2.50 bits per heavy atom. The number of benzene rings is 2. The fourth-order valence-corrected chi connectivity index (χ4v) is 2.43. The van der Waals surface area contributed by atoms with E-state index >= 15 is 0 Å². The van der Waals surface area contributed by atoms with Crippen molar-refractivity contribution in [3.8, 4) is 11.3 Å². The number of hydrogen-bond donors (Lipinski definition) is 1. The molecule has 0 radical (unpaired) electrons. The SMILES string of the molecule is O=C(/C=C/c1ccc(-c2cccc(Cl)c2)o1)Nc1ccc(Cl)cc1. The van der Waals surface area contributed by atoms with Crippen LogP contribution in [0.4, 0.5) is 5.69 Å². The zero-order valence-corrected chi connectivity index (χ0v) is 14.0. The van der Waals surface area contributed by atoms with Crippen molar-refractivity contribution in [2.75, 3.05) is 5.32 Å². The van der Waals surface area contributed by atoms with Crippen molar-refractivity contribution in [3.63, 3.8) is 0 Å². The molecule has 1 aromatic heterocycles. The number of anilines is 1. The summed E-state index contributed by atoms with van der Waals surface area (Å²) in [6.45, 7) is 0. The largest absolute Gasteiger partial charge is 0.457 e. The van der Waals surface area contributed by atoms with E-state index in [9.17, 15) is 4.79 Å². The van der Waals surface area contributed by atoms with E-state index in [1.54, 1.807) is 42.5 Å². The normalized spacial score (nSPS) is 10.9. The Hall–Kier alpha value is -2.49. The summed E-state index contributed by atoms with van der Waals surface area (Å²) in [4.78, 5) is 11.9. The van der Waals surface area contributed by atoms with Gasteiger partial charge in [-0.05, 0) is 54.6 Å². The first kappa shape index (κ1) is 16.4. The van der Waals surface area contributed by atoms with Crippen molar-refractivity contribution in [2.24, 2.45) is 0 Å². The first-order valence-corrected chi connectivity index (χ1v) is 7.96. The van der Waals surface area contributed by atoms with Crippen LogP contribution < -0.4 is 5.32 Å². The van der Waals surface area contributed by atoms with Gasteiger partial charge in [-0.2, -0.15) is 0 Å². The van der Waals surface area contributed by atoms with Crippen LogP contribution in [0.2, 0.25) is 10.0 Å². The summed E-state index contributed by atoms with van der Waals surface area (Å²) in [5.74, 6) is 1.02. The van der Waals surface area contributed by atoms with Crippen LogP contribution in [0.1, 0.15) is 5.76 Å². The maximum Gasteiger partial charge on any atom is 0.248 e. The molecule has 0 atom stereocenters. The summed E-state index contributed by atoms with van der Waals surface area (Å²) >= 11 is 11.8. The molecule has 1 N–H and O–H groups in total. The molecule has 0 spiro atoms. The molecule has 5 heteroatoms. The van der Waals surface area contributed by atoms with Crippen LogP contribution in [-0.2, 0) is 4.79 Å². The monoisotopic (exact) mass is 357 g/mol. The molecule has 0 aliphatic rings. The van der Waals surface area contributed by atoms with E-state index in [4.69, 9.17) is 27.6 Å². The number of furan rings is 1. The number of hydrogen-bond acceptors (Lipinski definition) is 2. The molecule has 0 unspecified atom stereocenters. The van der Waals surface area contributed by atoms with E-state index < -0.39 is 0 Å². The molecule has 3 aromatic rings. The van der Waals surface area contributed by atoms with Gasteiger partial charge in [0.05, 0.1) is 0 Å². The Balaban J connectivity index is 1.66. The highest BCUT2D eigenvalue weighted by atomic mass is 35.5. The zero-order chi connectivity index (χ0) is 16.9. The van der Waals surface area contributed by atoms with Crippen LogP contribution in [-0.4, -0.2) is 5.91 Å². The average Bonchev–Trinajstić information content (AvgIpc) is 3.04. The number of nitrogens with one attached hydrogen (secondary N) is 1. The molecule has 3 nitrogen and oxygen atoms in total. The number of carbonyl (C=O) groups is 1. The van der Waals surface area contributed by atoms with Crippen LogP contribution in [0.3, 0.4) is 0 Å². The summed E-state index contributed by atoms with van der Waals surface area (Å²) in [6.07, 6.45) is 3.02. The van der Waals surface area contributed by atoms with Crippen LogP contribution in [0.15, 0.2) is 71.2 Å². The standard InChI is InChI=1S/C19H13Cl2NO2/c20-14-4-6-16(7-5-14)22-19(23)11-9-17-8-10-18(24-17)13-2-1-3-15(21)12-13/h1-12H,(H,22,23)/b11-9+. The fourth-order valence-electron chi connectivity index (χ4n) is 2.11. The predicted molar refractivity (Wildman–Crippen MR) is 98.3 cm³/mol. The minimum Gasteiger partial charge on any atom is -0.457 e. The van der Waals surface area contributed by atoms with Gasteiger partial charge in [-0.3, -0.25) is 4.79 Å². The van der Waals surface area contributed by atoms with Gasteiger partial charge in [-0.1, -0.05) is 35.3 Å². The van der Waals surface area contributed by atoms with Crippen molar-refractivity contribution in [1.82, 2.24) is 0 Å². The second-order valence-electron chi connectivity index (χ2n) is 5.04. The maximum atomic E-state index is 11.9. The maximum absolute atomic E-state index is 11.9. The summed E-state index contributed by atoms with van der Waals surface area (Å²) in [5, 5.41) is 4.00. The first-order valence-electron chi connectivity index (χ1n) is 7.20. The fraction of sp³-hybridized carbons (Fsp3) is 0. The number of amides is 1. The second-order valence-corrected chi connectivity index (χ2v) is 5.91. The van der Waals surface area contributed by atoms with Crippen LogP contribution in [0.25, 0.3) is 17.4 Å². The van der Waals surface area contributed by atoms with Gasteiger partial charge in [0.15, 0.2) is 0 Å². The lowest BCUT2D eigenvalue weighted by atomic mass is 10.2. The molecule has 0 aliphatic heterocycles. The molecular formula is C19H13Cl2NO2. The molecule has 24 heavy (non-hydrogen) atoms. The predicted octanol–water partition coefficient (Wildman–Crippen LogP) is 5.91. The Morgan fingerprint density at radius 1 is 0.958 bits per heavy atom. The van der Waals surface area contributed by atoms with Gasteiger partial charge in [0, 0.05) is 27.4 Å². The van der Waals surface area contributed by atoms with E-state index in [0.29, 0.717) is 27.3 Å². The van der Waals surface area contributed by atoms with Gasteiger partial charge in [0.25, 0.3) is 0 Å². The summed E-state index contributed by atoms with van der Waals surface area (Å²) in [7, 11) is 0. The van der Waals surface area contributed by atoms with Crippen molar-refractivity contribution in [2.45, 2.75) is 0 Å². The van der Waals surface area contributed by atoms with Crippen molar-refractivity contribution >= 4 is 40.9 Å². The number of halogens is 2. The third-order valence-electron chi connectivity index (χ3n) is 3.25. The van der Waals surface area contributed by atoms with Gasteiger partial charge in [-0.15, -0.1) is 0 Å². The molecule has 0 fully saturated rings. The number of rotatable bonds is 4. The molecule has 120 valence electrons. The summed E-state index contributed by atoms with van der Waals surface area (Å²) < 4.78 is 5.70. The molecule has 1 amide bonds.